The lowest BCUT2D eigenvalue weighted by atomic mass is 9.94. The van der Waals surface area contributed by atoms with E-state index < -0.39 is 0 Å². The van der Waals surface area contributed by atoms with Crippen molar-refractivity contribution >= 4 is 11.6 Å². The van der Waals surface area contributed by atoms with Gasteiger partial charge in [0.2, 0.25) is 0 Å². The van der Waals surface area contributed by atoms with Crippen LogP contribution in [0.4, 0.5) is 0 Å². The zero-order valence-corrected chi connectivity index (χ0v) is 7.69. The van der Waals surface area contributed by atoms with E-state index in [9.17, 15) is 0 Å². The molecule has 0 aromatic carbocycles. The molecule has 2 rings (SSSR count). The minimum absolute atomic E-state index is 0.655. The van der Waals surface area contributed by atoms with Gasteiger partial charge in [-0.3, -0.25) is 0 Å². The largest absolute Gasteiger partial charge is 0.352 e. The van der Waals surface area contributed by atoms with Crippen molar-refractivity contribution in [2.75, 3.05) is 13.1 Å². The first kappa shape index (κ1) is 8.14. The molecule has 1 saturated heterocycles. The SMILES string of the molecule is Clc1cc(C2CCCNC2)c[nH]1. The molecule has 1 unspecified atom stereocenters. The molecule has 1 aliphatic rings. The molecule has 2 heterocycles. The molecule has 1 aromatic rings. The van der Waals surface area contributed by atoms with Crippen molar-refractivity contribution in [2.24, 2.45) is 0 Å². The average Bonchev–Trinajstić information content (AvgIpc) is 2.54. The van der Waals surface area contributed by atoms with Gasteiger partial charge in [-0.15, -0.1) is 0 Å². The Hall–Kier alpha value is -0.470. The fourth-order valence-corrected chi connectivity index (χ4v) is 1.93. The molecule has 2 nitrogen and oxygen atoms in total. The molecular formula is C9H13ClN2. The van der Waals surface area contributed by atoms with Crippen molar-refractivity contribution in [1.82, 2.24) is 10.3 Å². The average molecular weight is 185 g/mol. The van der Waals surface area contributed by atoms with Crippen LogP contribution in [0.15, 0.2) is 12.3 Å². The molecule has 0 radical (unpaired) electrons. The smallest absolute Gasteiger partial charge is 0.106 e. The second-order valence-corrected chi connectivity index (χ2v) is 3.73. The van der Waals surface area contributed by atoms with Crippen LogP contribution in [-0.4, -0.2) is 18.1 Å². The Labute approximate surface area is 77.3 Å². The minimum atomic E-state index is 0.655. The Bertz CT molecular complexity index is 251. The molecule has 0 amide bonds. The van der Waals surface area contributed by atoms with Crippen molar-refractivity contribution in [1.29, 1.82) is 0 Å². The molecule has 12 heavy (non-hydrogen) atoms. The van der Waals surface area contributed by atoms with E-state index >= 15 is 0 Å². The third kappa shape index (κ3) is 1.65. The Balaban J connectivity index is 2.08. The lowest BCUT2D eigenvalue weighted by Gasteiger charge is -2.21. The third-order valence-electron chi connectivity index (χ3n) is 2.44. The second kappa shape index (κ2) is 3.50. The molecule has 0 bridgehead atoms. The molecule has 1 aromatic heterocycles. The van der Waals surface area contributed by atoms with E-state index in [1.54, 1.807) is 0 Å². The Morgan fingerprint density at radius 3 is 3.00 bits per heavy atom. The van der Waals surface area contributed by atoms with Crippen LogP contribution in [0, 0.1) is 0 Å². The fourth-order valence-electron chi connectivity index (χ4n) is 1.75. The van der Waals surface area contributed by atoms with Crippen LogP contribution in [0.2, 0.25) is 5.15 Å². The summed E-state index contributed by atoms with van der Waals surface area (Å²) in [6, 6.07) is 2.03. The number of nitrogens with one attached hydrogen (secondary N) is 2. The molecule has 66 valence electrons. The molecule has 1 fully saturated rings. The van der Waals surface area contributed by atoms with Gasteiger partial charge in [-0.25, -0.2) is 0 Å². The minimum Gasteiger partial charge on any atom is -0.352 e. The van der Waals surface area contributed by atoms with Gasteiger partial charge in [-0.1, -0.05) is 11.6 Å². The summed E-state index contributed by atoms with van der Waals surface area (Å²) < 4.78 is 0. The number of aromatic nitrogens is 1. The van der Waals surface area contributed by atoms with Crippen LogP contribution in [0.3, 0.4) is 0 Å². The maximum Gasteiger partial charge on any atom is 0.106 e. The van der Waals surface area contributed by atoms with Crippen molar-refractivity contribution in [2.45, 2.75) is 18.8 Å². The molecule has 1 atom stereocenters. The number of piperidine rings is 1. The highest BCUT2D eigenvalue weighted by Gasteiger charge is 2.15. The van der Waals surface area contributed by atoms with Crippen molar-refractivity contribution in [3.63, 3.8) is 0 Å². The zero-order valence-electron chi connectivity index (χ0n) is 6.94. The molecule has 0 spiro atoms. The highest BCUT2D eigenvalue weighted by atomic mass is 35.5. The summed E-state index contributed by atoms with van der Waals surface area (Å²) in [5, 5.41) is 4.13. The van der Waals surface area contributed by atoms with E-state index in [0.717, 1.165) is 18.2 Å². The lowest BCUT2D eigenvalue weighted by Crippen LogP contribution is -2.28. The molecule has 0 saturated carbocycles. The van der Waals surface area contributed by atoms with Crippen LogP contribution >= 0.6 is 11.6 Å². The Morgan fingerprint density at radius 2 is 2.42 bits per heavy atom. The Kier molecular flexibility index (Phi) is 2.38. The van der Waals surface area contributed by atoms with Gasteiger partial charge in [0.1, 0.15) is 5.15 Å². The van der Waals surface area contributed by atoms with Crippen LogP contribution in [0.1, 0.15) is 24.3 Å². The van der Waals surface area contributed by atoms with Gasteiger partial charge in [0.05, 0.1) is 0 Å². The lowest BCUT2D eigenvalue weighted by molar-refractivity contribution is 0.462. The summed E-state index contributed by atoms with van der Waals surface area (Å²) in [6.07, 6.45) is 4.56. The standard InChI is InChI=1S/C9H13ClN2/c10-9-4-8(6-12-9)7-2-1-3-11-5-7/h4,6-7,11-12H,1-3,5H2. The van der Waals surface area contributed by atoms with Crippen molar-refractivity contribution in [3.05, 3.63) is 23.0 Å². The third-order valence-corrected chi connectivity index (χ3v) is 2.66. The maximum atomic E-state index is 5.80. The highest BCUT2D eigenvalue weighted by Crippen LogP contribution is 2.24. The first-order valence-electron chi connectivity index (χ1n) is 4.41. The summed E-state index contributed by atoms with van der Waals surface area (Å²) >= 11 is 5.80. The zero-order chi connectivity index (χ0) is 8.39. The number of H-pyrrole nitrogens is 1. The van der Waals surface area contributed by atoms with E-state index in [-0.39, 0.29) is 0 Å². The summed E-state index contributed by atoms with van der Waals surface area (Å²) in [4.78, 5) is 3.00. The number of hydrogen-bond acceptors (Lipinski definition) is 1. The van der Waals surface area contributed by atoms with E-state index in [1.807, 2.05) is 12.3 Å². The van der Waals surface area contributed by atoms with Gasteiger partial charge in [-0.05, 0) is 36.9 Å². The fraction of sp³-hybridized carbons (Fsp3) is 0.556. The monoisotopic (exact) mass is 184 g/mol. The topological polar surface area (TPSA) is 27.8 Å². The van der Waals surface area contributed by atoms with Gasteiger partial charge in [-0.2, -0.15) is 0 Å². The van der Waals surface area contributed by atoms with E-state index in [4.69, 9.17) is 11.6 Å². The number of hydrogen-bond donors (Lipinski definition) is 2. The van der Waals surface area contributed by atoms with Crippen LogP contribution < -0.4 is 5.32 Å². The van der Waals surface area contributed by atoms with Crippen molar-refractivity contribution in [3.8, 4) is 0 Å². The maximum absolute atomic E-state index is 5.80. The first-order valence-corrected chi connectivity index (χ1v) is 4.78. The normalized spacial score (nSPS) is 24.2. The summed E-state index contributed by atoms with van der Waals surface area (Å²) in [7, 11) is 0. The molecule has 1 aliphatic heterocycles. The van der Waals surface area contributed by atoms with E-state index in [2.05, 4.69) is 10.3 Å². The molecule has 2 N–H and O–H groups in total. The number of halogens is 1. The molecular weight excluding hydrogens is 172 g/mol. The first-order chi connectivity index (χ1) is 5.86. The van der Waals surface area contributed by atoms with Gasteiger partial charge < -0.3 is 10.3 Å². The second-order valence-electron chi connectivity index (χ2n) is 3.32. The summed E-state index contributed by atoms with van der Waals surface area (Å²) in [5.74, 6) is 0.655. The van der Waals surface area contributed by atoms with Gasteiger partial charge >= 0.3 is 0 Å². The molecule has 0 aliphatic carbocycles. The number of rotatable bonds is 1. The van der Waals surface area contributed by atoms with E-state index in [0.29, 0.717) is 5.92 Å². The van der Waals surface area contributed by atoms with Gasteiger partial charge in [0.15, 0.2) is 0 Å². The van der Waals surface area contributed by atoms with E-state index in [1.165, 1.54) is 18.4 Å². The molecule has 3 heteroatoms. The number of aromatic amines is 1. The predicted octanol–water partition coefficient (Wildman–Crippen LogP) is 2.14. The quantitative estimate of drug-likeness (QED) is 0.688. The van der Waals surface area contributed by atoms with Gasteiger partial charge in [0.25, 0.3) is 0 Å². The van der Waals surface area contributed by atoms with Crippen LogP contribution in [0.5, 0.6) is 0 Å². The Morgan fingerprint density at radius 1 is 1.50 bits per heavy atom. The van der Waals surface area contributed by atoms with Crippen molar-refractivity contribution < 1.29 is 0 Å². The highest BCUT2D eigenvalue weighted by molar-refractivity contribution is 6.29. The summed E-state index contributed by atoms with van der Waals surface area (Å²) in [5.41, 5.74) is 1.34. The predicted molar refractivity (Wildman–Crippen MR) is 50.6 cm³/mol. The van der Waals surface area contributed by atoms with Gasteiger partial charge in [0, 0.05) is 12.7 Å². The summed E-state index contributed by atoms with van der Waals surface area (Å²) in [6.45, 7) is 2.25. The van der Waals surface area contributed by atoms with Crippen LogP contribution in [-0.2, 0) is 0 Å². The van der Waals surface area contributed by atoms with Crippen LogP contribution in [0.25, 0.3) is 0 Å².